The van der Waals surface area contributed by atoms with Gasteiger partial charge in [0.2, 0.25) is 5.91 Å². The van der Waals surface area contributed by atoms with E-state index in [-0.39, 0.29) is 36.2 Å². The van der Waals surface area contributed by atoms with Crippen molar-refractivity contribution in [3.8, 4) is 0 Å². The topological polar surface area (TPSA) is 112 Å². The van der Waals surface area contributed by atoms with Gasteiger partial charge < -0.3 is 10.3 Å². The van der Waals surface area contributed by atoms with Gasteiger partial charge in [0.05, 0.1) is 29.4 Å². The van der Waals surface area contributed by atoms with Crippen LogP contribution in [0.4, 0.5) is 0 Å². The molecule has 0 saturated carbocycles. The Kier molecular flexibility index (Phi) is 4.74. The van der Waals surface area contributed by atoms with Crippen LogP contribution in [0, 0.1) is 0 Å². The van der Waals surface area contributed by atoms with Crippen molar-refractivity contribution in [1.29, 1.82) is 0 Å². The largest absolute Gasteiger partial charge is 0.351 e. The summed E-state index contributed by atoms with van der Waals surface area (Å²) in [7, 11) is 0. The minimum Gasteiger partial charge on any atom is -0.351 e. The normalized spacial score (nSPS) is 13.2. The summed E-state index contributed by atoms with van der Waals surface area (Å²) in [4.78, 5) is 57.6. The lowest BCUT2D eigenvalue weighted by Gasteiger charge is -2.13. The molecule has 3 heterocycles. The summed E-state index contributed by atoms with van der Waals surface area (Å²) in [5, 5.41) is 3.29. The molecule has 28 heavy (non-hydrogen) atoms. The molecule has 0 aliphatic carbocycles. The van der Waals surface area contributed by atoms with Gasteiger partial charge in [-0.3, -0.25) is 24.1 Å². The molecule has 0 fully saturated rings. The summed E-state index contributed by atoms with van der Waals surface area (Å²) in [6, 6.07) is 8.42. The number of hydrogen-bond acceptors (Lipinski definition) is 6. The van der Waals surface area contributed by atoms with Crippen LogP contribution in [0.25, 0.3) is 10.2 Å². The number of aromatic amines is 1. The van der Waals surface area contributed by atoms with E-state index in [0.29, 0.717) is 34.3 Å². The minimum atomic E-state index is -0.316. The Morgan fingerprint density at radius 2 is 1.86 bits per heavy atom. The van der Waals surface area contributed by atoms with E-state index in [9.17, 15) is 19.2 Å². The number of carbonyl (C=O) groups is 3. The van der Waals surface area contributed by atoms with Crippen molar-refractivity contribution in [2.24, 2.45) is 0 Å². The molecule has 2 aromatic heterocycles. The predicted molar refractivity (Wildman–Crippen MR) is 103 cm³/mol. The van der Waals surface area contributed by atoms with Crippen molar-refractivity contribution in [3.63, 3.8) is 0 Å². The average molecular weight is 396 g/mol. The second-order valence-corrected chi connectivity index (χ2v) is 7.47. The zero-order valence-corrected chi connectivity index (χ0v) is 15.5. The van der Waals surface area contributed by atoms with Crippen molar-refractivity contribution >= 4 is 39.3 Å². The molecule has 3 amide bonds. The highest BCUT2D eigenvalue weighted by Gasteiger charge is 2.34. The molecule has 0 bridgehead atoms. The van der Waals surface area contributed by atoms with Gasteiger partial charge in [0.1, 0.15) is 4.83 Å². The summed E-state index contributed by atoms with van der Waals surface area (Å²) < 4.78 is 0. The first-order chi connectivity index (χ1) is 13.5. The number of amides is 3. The summed E-state index contributed by atoms with van der Waals surface area (Å²) in [5.41, 5.74) is 0.607. The van der Waals surface area contributed by atoms with Crippen molar-refractivity contribution in [1.82, 2.24) is 20.2 Å². The zero-order valence-electron chi connectivity index (χ0n) is 14.7. The van der Waals surface area contributed by atoms with E-state index >= 15 is 0 Å². The number of nitrogens with zero attached hydrogens (tertiary/aromatic N) is 2. The molecule has 0 radical (unpaired) electrons. The monoisotopic (exact) mass is 396 g/mol. The van der Waals surface area contributed by atoms with Crippen molar-refractivity contribution < 1.29 is 14.4 Å². The second-order valence-electron chi connectivity index (χ2n) is 6.35. The molecular formula is C19H16N4O4S. The molecular weight excluding hydrogens is 380 g/mol. The second kappa shape index (κ2) is 7.35. The first kappa shape index (κ1) is 18.1. The van der Waals surface area contributed by atoms with Gasteiger partial charge in [0, 0.05) is 17.8 Å². The molecule has 3 aromatic rings. The maximum absolute atomic E-state index is 12.3. The van der Waals surface area contributed by atoms with E-state index in [4.69, 9.17) is 0 Å². The van der Waals surface area contributed by atoms with Crippen LogP contribution in [0.3, 0.4) is 0 Å². The first-order valence-corrected chi connectivity index (χ1v) is 9.54. The molecule has 1 aromatic carbocycles. The van der Waals surface area contributed by atoms with Gasteiger partial charge in [-0.15, -0.1) is 11.3 Å². The average Bonchev–Trinajstić information content (AvgIpc) is 3.22. The summed E-state index contributed by atoms with van der Waals surface area (Å²) in [5.74, 6) is -0.816. The van der Waals surface area contributed by atoms with Crippen LogP contribution in [0.1, 0.15) is 38.4 Å². The van der Waals surface area contributed by atoms with Gasteiger partial charge in [-0.2, -0.15) is 0 Å². The number of nitrogens with one attached hydrogen (secondary N) is 2. The zero-order chi connectivity index (χ0) is 19.7. The Balaban J connectivity index is 1.28. The lowest BCUT2D eigenvalue weighted by Crippen LogP contribution is -2.32. The number of thiophene rings is 1. The molecule has 8 nitrogen and oxygen atoms in total. The van der Waals surface area contributed by atoms with Gasteiger partial charge in [0.25, 0.3) is 17.4 Å². The maximum atomic E-state index is 12.3. The van der Waals surface area contributed by atoms with Crippen LogP contribution in [0.2, 0.25) is 0 Å². The summed E-state index contributed by atoms with van der Waals surface area (Å²) in [6.45, 7) is 0.494. The number of H-pyrrole nitrogens is 1. The standard InChI is InChI=1S/C19H16N4O4S/c24-15(20-9-11-8-14-16(25)21-10-22-17(14)28-11)6-3-7-23-18(26)12-4-1-2-5-13(12)19(23)27/h1-2,4-5,8,10H,3,6-7,9H2,(H,20,24)(H,21,22,25). The van der Waals surface area contributed by atoms with Crippen molar-refractivity contribution in [2.45, 2.75) is 19.4 Å². The van der Waals surface area contributed by atoms with Crippen LogP contribution in [-0.4, -0.2) is 39.1 Å². The molecule has 142 valence electrons. The summed E-state index contributed by atoms with van der Waals surface area (Å²) >= 11 is 1.35. The molecule has 0 spiro atoms. The van der Waals surface area contributed by atoms with Gasteiger partial charge >= 0.3 is 0 Å². The van der Waals surface area contributed by atoms with Gasteiger partial charge in [0.15, 0.2) is 0 Å². The maximum Gasteiger partial charge on any atom is 0.261 e. The fourth-order valence-corrected chi connectivity index (χ4v) is 4.05. The highest BCUT2D eigenvalue weighted by Crippen LogP contribution is 2.23. The third kappa shape index (κ3) is 3.31. The Bertz CT molecular complexity index is 1120. The SMILES string of the molecule is O=C(CCCN1C(=O)c2ccccc2C1=O)NCc1cc2c(=O)[nH]cnc2s1. The molecule has 0 saturated heterocycles. The first-order valence-electron chi connectivity index (χ1n) is 8.72. The van der Waals surface area contributed by atoms with E-state index < -0.39 is 0 Å². The quantitative estimate of drug-likeness (QED) is 0.616. The highest BCUT2D eigenvalue weighted by atomic mass is 32.1. The van der Waals surface area contributed by atoms with Crippen LogP contribution < -0.4 is 10.9 Å². The Labute approximate surface area is 163 Å². The van der Waals surface area contributed by atoms with E-state index in [1.807, 2.05) is 0 Å². The van der Waals surface area contributed by atoms with Gasteiger partial charge in [-0.25, -0.2) is 4.98 Å². The number of benzene rings is 1. The summed E-state index contributed by atoms with van der Waals surface area (Å²) in [6.07, 6.45) is 1.92. The molecule has 4 rings (SSSR count). The fraction of sp³-hybridized carbons (Fsp3) is 0.211. The van der Waals surface area contributed by atoms with E-state index in [2.05, 4.69) is 15.3 Å². The fourth-order valence-electron chi connectivity index (χ4n) is 3.12. The lowest BCUT2D eigenvalue weighted by molar-refractivity contribution is -0.121. The Morgan fingerprint density at radius 1 is 1.14 bits per heavy atom. The van der Waals surface area contributed by atoms with E-state index in [0.717, 1.165) is 4.88 Å². The Morgan fingerprint density at radius 3 is 2.54 bits per heavy atom. The molecule has 0 unspecified atom stereocenters. The number of imide groups is 1. The lowest BCUT2D eigenvalue weighted by atomic mass is 10.1. The number of rotatable bonds is 6. The van der Waals surface area contributed by atoms with Crippen LogP contribution >= 0.6 is 11.3 Å². The molecule has 0 atom stereocenters. The number of aromatic nitrogens is 2. The van der Waals surface area contributed by atoms with E-state index in [1.54, 1.807) is 30.3 Å². The smallest absolute Gasteiger partial charge is 0.261 e. The van der Waals surface area contributed by atoms with Gasteiger partial charge in [-0.05, 0) is 24.6 Å². The van der Waals surface area contributed by atoms with Crippen LogP contribution in [0.5, 0.6) is 0 Å². The highest BCUT2D eigenvalue weighted by molar-refractivity contribution is 7.18. The molecule has 2 N–H and O–H groups in total. The molecule has 1 aliphatic heterocycles. The predicted octanol–water partition coefficient (Wildman–Crippen LogP) is 1.68. The third-order valence-corrected chi connectivity index (χ3v) is 5.55. The third-order valence-electron chi connectivity index (χ3n) is 4.51. The van der Waals surface area contributed by atoms with E-state index in [1.165, 1.54) is 22.6 Å². The molecule has 1 aliphatic rings. The minimum absolute atomic E-state index is 0.184. The number of carbonyl (C=O) groups excluding carboxylic acids is 3. The number of hydrogen-bond donors (Lipinski definition) is 2. The van der Waals surface area contributed by atoms with Crippen molar-refractivity contribution in [2.75, 3.05) is 6.54 Å². The van der Waals surface area contributed by atoms with Crippen LogP contribution in [0.15, 0.2) is 41.5 Å². The van der Waals surface area contributed by atoms with Gasteiger partial charge in [-0.1, -0.05) is 12.1 Å². The van der Waals surface area contributed by atoms with Crippen molar-refractivity contribution in [3.05, 3.63) is 63.0 Å². The molecule has 9 heteroatoms. The number of fused-ring (bicyclic) bond motifs is 2. The Hall–Kier alpha value is -3.33. The van der Waals surface area contributed by atoms with Crippen LogP contribution in [-0.2, 0) is 11.3 Å².